The van der Waals surface area contributed by atoms with Crippen LogP contribution in [-0.4, -0.2) is 32.7 Å². The van der Waals surface area contributed by atoms with E-state index in [1.807, 2.05) is 31.2 Å². The molecule has 0 saturated heterocycles. The quantitative estimate of drug-likeness (QED) is 0.705. The van der Waals surface area contributed by atoms with Gasteiger partial charge in [0.1, 0.15) is 5.75 Å². The number of rotatable bonds is 8. The van der Waals surface area contributed by atoms with Crippen molar-refractivity contribution in [2.45, 2.75) is 26.2 Å². The molecule has 0 spiro atoms. The fourth-order valence-corrected chi connectivity index (χ4v) is 1.88. The number of hydrogen-bond acceptors (Lipinski definition) is 3. The van der Waals surface area contributed by atoms with Gasteiger partial charge in [-0.2, -0.15) is 0 Å². The molecule has 0 aromatic heterocycles. The smallest absolute Gasteiger partial charge is 0.220 e. The van der Waals surface area contributed by atoms with Crippen LogP contribution >= 0.6 is 0 Å². The van der Waals surface area contributed by atoms with Gasteiger partial charge in [-0.25, -0.2) is 0 Å². The van der Waals surface area contributed by atoms with Gasteiger partial charge >= 0.3 is 0 Å². The van der Waals surface area contributed by atoms with Crippen molar-refractivity contribution >= 4 is 5.91 Å². The Kier molecular flexibility index (Phi) is 6.97. The summed E-state index contributed by atoms with van der Waals surface area (Å²) >= 11 is 0. The third-order valence-electron chi connectivity index (χ3n) is 3.03. The third-order valence-corrected chi connectivity index (χ3v) is 3.03. The minimum atomic E-state index is 0.0909. The van der Waals surface area contributed by atoms with Gasteiger partial charge in [0.15, 0.2) is 0 Å². The van der Waals surface area contributed by atoms with Crippen molar-refractivity contribution in [3.63, 3.8) is 0 Å². The van der Waals surface area contributed by atoms with E-state index in [4.69, 9.17) is 4.74 Å². The highest BCUT2D eigenvalue weighted by atomic mass is 16.5. The van der Waals surface area contributed by atoms with Crippen LogP contribution in [0.4, 0.5) is 0 Å². The second-order valence-electron chi connectivity index (χ2n) is 4.59. The molecule has 1 atom stereocenters. The molecule has 0 saturated carbocycles. The van der Waals surface area contributed by atoms with Crippen molar-refractivity contribution in [3.05, 3.63) is 29.8 Å². The second kappa shape index (κ2) is 8.53. The van der Waals surface area contributed by atoms with Gasteiger partial charge in [0, 0.05) is 19.5 Å². The normalized spacial score (nSPS) is 11.9. The summed E-state index contributed by atoms with van der Waals surface area (Å²) in [5.41, 5.74) is 1.13. The van der Waals surface area contributed by atoms with E-state index >= 15 is 0 Å². The standard InChI is InChI=1S/C15H24N2O2/c1-4-16-8-9-17-15(18)10-12(2)13-6-5-7-14(11-13)19-3/h5-7,11-12,16H,4,8-10H2,1-3H3,(H,17,18). The summed E-state index contributed by atoms with van der Waals surface area (Å²) in [7, 11) is 1.65. The Labute approximate surface area is 115 Å². The molecule has 0 radical (unpaired) electrons. The Balaban J connectivity index is 2.40. The zero-order chi connectivity index (χ0) is 14.1. The van der Waals surface area contributed by atoms with Crippen molar-refractivity contribution < 1.29 is 9.53 Å². The molecule has 4 heteroatoms. The number of carbonyl (C=O) groups is 1. The van der Waals surface area contributed by atoms with Gasteiger partial charge in [0.2, 0.25) is 5.91 Å². The maximum Gasteiger partial charge on any atom is 0.220 e. The van der Waals surface area contributed by atoms with E-state index in [0.29, 0.717) is 13.0 Å². The summed E-state index contributed by atoms with van der Waals surface area (Å²) in [6, 6.07) is 7.87. The van der Waals surface area contributed by atoms with Crippen molar-refractivity contribution in [3.8, 4) is 5.75 Å². The van der Waals surface area contributed by atoms with Crippen molar-refractivity contribution in [1.82, 2.24) is 10.6 Å². The maximum atomic E-state index is 11.8. The van der Waals surface area contributed by atoms with Crippen LogP contribution in [-0.2, 0) is 4.79 Å². The molecule has 0 aliphatic carbocycles. The lowest BCUT2D eigenvalue weighted by molar-refractivity contribution is -0.121. The summed E-state index contributed by atoms with van der Waals surface area (Å²) in [5, 5.41) is 6.09. The molecule has 0 aliphatic rings. The minimum Gasteiger partial charge on any atom is -0.497 e. The van der Waals surface area contributed by atoms with E-state index in [1.165, 1.54) is 0 Å². The van der Waals surface area contributed by atoms with E-state index in [1.54, 1.807) is 7.11 Å². The molecular formula is C15H24N2O2. The van der Waals surface area contributed by atoms with Crippen LogP contribution < -0.4 is 15.4 Å². The van der Waals surface area contributed by atoms with E-state index in [-0.39, 0.29) is 11.8 Å². The summed E-state index contributed by atoms with van der Waals surface area (Å²) in [5.74, 6) is 1.11. The molecule has 0 bridgehead atoms. The van der Waals surface area contributed by atoms with E-state index in [0.717, 1.165) is 24.4 Å². The molecular weight excluding hydrogens is 240 g/mol. The van der Waals surface area contributed by atoms with Crippen LogP contribution in [0.1, 0.15) is 31.7 Å². The number of ether oxygens (including phenoxy) is 1. The minimum absolute atomic E-state index is 0.0909. The van der Waals surface area contributed by atoms with Gasteiger partial charge in [-0.05, 0) is 30.2 Å². The highest BCUT2D eigenvalue weighted by Crippen LogP contribution is 2.22. The molecule has 0 fully saturated rings. The van der Waals surface area contributed by atoms with Crippen LogP contribution in [0.2, 0.25) is 0 Å². The first-order chi connectivity index (χ1) is 9.17. The van der Waals surface area contributed by atoms with Crippen LogP contribution in [0.5, 0.6) is 5.75 Å². The first-order valence-corrected chi connectivity index (χ1v) is 6.78. The Morgan fingerprint density at radius 3 is 2.84 bits per heavy atom. The van der Waals surface area contributed by atoms with Gasteiger partial charge in [-0.3, -0.25) is 4.79 Å². The van der Waals surface area contributed by atoms with E-state index < -0.39 is 0 Å². The Morgan fingerprint density at radius 1 is 1.37 bits per heavy atom. The molecule has 1 aromatic carbocycles. The SMILES string of the molecule is CCNCCNC(=O)CC(C)c1cccc(OC)c1. The first-order valence-electron chi connectivity index (χ1n) is 6.78. The molecule has 19 heavy (non-hydrogen) atoms. The zero-order valence-electron chi connectivity index (χ0n) is 12.0. The van der Waals surface area contributed by atoms with Crippen molar-refractivity contribution in [1.29, 1.82) is 0 Å². The lowest BCUT2D eigenvalue weighted by Gasteiger charge is -2.13. The monoisotopic (exact) mass is 264 g/mol. The van der Waals surface area contributed by atoms with Crippen molar-refractivity contribution in [2.24, 2.45) is 0 Å². The van der Waals surface area contributed by atoms with Gasteiger partial charge in [-0.1, -0.05) is 26.0 Å². The number of nitrogens with one attached hydrogen (secondary N) is 2. The van der Waals surface area contributed by atoms with Gasteiger partial charge < -0.3 is 15.4 Å². The fourth-order valence-electron chi connectivity index (χ4n) is 1.88. The third kappa shape index (κ3) is 5.75. The average Bonchev–Trinajstić information content (AvgIpc) is 2.43. The van der Waals surface area contributed by atoms with Gasteiger partial charge in [0.25, 0.3) is 0 Å². The lowest BCUT2D eigenvalue weighted by Crippen LogP contribution is -2.32. The molecule has 0 aliphatic heterocycles. The van der Waals surface area contributed by atoms with E-state index in [2.05, 4.69) is 17.6 Å². The maximum absolute atomic E-state index is 11.8. The number of carbonyl (C=O) groups excluding carboxylic acids is 1. The lowest BCUT2D eigenvalue weighted by atomic mass is 9.97. The Hall–Kier alpha value is -1.55. The first kappa shape index (κ1) is 15.5. The summed E-state index contributed by atoms with van der Waals surface area (Å²) in [4.78, 5) is 11.8. The van der Waals surface area contributed by atoms with Gasteiger partial charge in [0.05, 0.1) is 7.11 Å². The number of amides is 1. The van der Waals surface area contributed by atoms with Crippen LogP contribution in [0.15, 0.2) is 24.3 Å². The number of likely N-dealkylation sites (N-methyl/N-ethyl adjacent to an activating group) is 1. The summed E-state index contributed by atoms with van der Waals surface area (Å²) < 4.78 is 5.19. The summed E-state index contributed by atoms with van der Waals surface area (Å²) in [6.45, 7) is 6.52. The molecule has 4 nitrogen and oxygen atoms in total. The number of benzene rings is 1. The molecule has 1 unspecified atom stereocenters. The van der Waals surface area contributed by atoms with Crippen molar-refractivity contribution in [2.75, 3.05) is 26.7 Å². The fraction of sp³-hybridized carbons (Fsp3) is 0.533. The summed E-state index contributed by atoms with van der Waals surface area (Å²) in [6.07, 6.45) is 0.499. The Bertz CT molecular complexity index is 393. The molecule has 106 valence electrons. The molecule has 2 N–H and O–H groups in total. The predicted octanol–water partition coefficient (Wildman–Crippen LogP) is 1.91. The topological polar surface area (TPSA) is 50.4 Å². The highest BCUT2D eigenvalue weighted by molar-refractivity contribution is 5.76. The van der Waals surface area contributed by atoms with E-state index in [9.17, 15) is 4.79 Å². The van der Waals surface area contributed by atoms with Crippen LogP contribution in [0.25, 0.3) is 0 Å². The number of methoxy groups -OCH3 is 1. The second-order valence-corrected chi connectivity index (χ2v) is 4.59. The zero-order valence-corrected chi connectivity index (χ0v) is 12.0. The average molecular weight is 264 g/mol. The molecule has 1 rings (SSSR count). The van der Waals surface area contributed by atoms with Crippen LogP contribution in [0.3, 0.4) is 0 Å². The molecule has 0 heterocycles. The highest BCUT2D eigenvalue weighted by Gasteiger charge is 2.11. The Morgan fingerprint density at radius 2 is 2.16 bits per heavy atom. The largest absolute Gasteiger partial charge is 0.497 e. The van der Waals surface area contributed by atoms with Gasteiger partial charge in [-0.15, -0.1) is 0 Å². The number of hydrogen-bond donors (Lipinski definition) is 2. The van der Waals surface area contributed by atoms with Crippen LogP contribution in [0, 0.1) is 0 Å². The molecule has 1 aromatic rings. The molecule has 1 amide bonds. The predicted molar refractivity (Wildman–Crippen MR) is 77.6 cm³/mol.